The van der Waals surface area contributed by atoms with E-state index in [0.29, 0.717) is 0 Å². The van der Waals surface area contributed by atoms with Crippen LogP contribution in [0.2, 0.25) is 0 Å². The summed E-state index contributed by atoms with van der Waals surface area (Å²) in [5.74, 6) is 0. The number of hydrogen-bond acceptors (Lipinski definition) is 1. The molecule has 2 aromatic rings. The van der Waals surface area contributed by atoms with Gasteiger partial charge in [-0.1, -0.05) is 12.1 Å². The first-order valence-corrected chi connectivity index (χ1v) is 7.37. The second-order valence-corrected chi connectivity index (χ2v) is 5.67. The number of anilines is 1. The molecule has 110 valence electrons. The van der Waals surface area contributed by atoms with Crippen molar-refractivity contribution in [3.05, 3.63) is 53.3 Å². The van der Waals surface area contributed by atoms with Crippen molar-refractivity contribution < 1.29 is 4.79 Å². The van der Waals surface area contributed by atoms with E-state index in [4.69, 9.17) is 0 Å². The van der Waals surface area contributed by atoms with Crippen LogP contribution in [-0.2, 0) is 6.54 Å². The van der Waals surface area contributed by atoms with E-state index in [0.717, 1.165) is 24.3 Å². The van der Waals surface area contributed by atoms with Crippen LogP contribution < -0.4 is 5.32 Å². The zero-order valence-corrected chi connectivity index (χ0v) is 12.8. The van der Waals surface area contributed by atoms with Gasteiger partial charge >= 0.3 is 6.03 Å². The zero-order chi connectivity index (χ0) is 15.0. The Labute approximate surface area is 125 Å². The van der Waals surface area contributed by atoms with E-state index in [1.807, 2.05) is 30.0 Å². The van der Waals surface area contributed by atoms with Crippen LogP contribution in [0.1, 0.15) is 29.8 Å². The van der Waals surface area contributed by atoms with Gasteiger partial charge in [-0.15, -0.1) is 0 Å². The Morgan fingerprint density at radius 1 is 1.19 bits per heavy atom. The molecule has 3 rings (SSSR count). The van der Waals surface area contributed by atoms with E-state index in [9.17, 15) is 4.79 Å². The van der Waals surface area contributed by atoms with Crippen LogP contribution in [0, 0.1) is 13.8 Å². The van der Waals surface area contributed by atoms with Gasteiger partial charge in [0, 0.05) is 30.7 Å². The van der Waals surface area contributed by atoms with Gasteiger partial charge in [0.05, 0.1) is 6.04 Å². The Kier molecular flexibility index (Phi) is 3.45. The summed E-state index contributed by atoms with van der Waals surface area (Å²) in [6.07, 6.45) is 2.08. The van der Waals surface area contributed by atoms with Gasteiger partial charge in [0.1, 0.15) is 0 Å². The molecule has 1 N–H and O–H groups in total. The highest BCUT2D eigenvalue weighted by molar-refractivity contribution is 5.90. The van der Waals surface area contributed by atoms with Gasteiger partial charge in [-0.05, 0) is 50.1 Å². The van der Waals surface area contributed by atoms with Crippen molar-refractivity contribution in [1.29, 1.82) is 0 Å². The molecule has 1 aliphatic rings. The van der Waals surface area contributed by atoms with Gasteiger partial charge in [-0.2, -0.15) is 0 Å². The summed E-state index contributed by atoms with van der Waals surface area (Å²) in [5.41, 5.74) is 4.40. The lowest BCUT2D eigenvalue weighted by molar-refractivity contribution is 0.175. The Bertz CT molecular complexity index is 674. The molecule has 2 heterocycles. The molecule has 0 bridgehead atoms. The van der Waals surface area contributed by atoms with Gasteiger partial charge in [-0.25, -0.2) is 4.79 Å². The van der Waals surface area contributed by atoms with E-state index < -0.39 is 0 Å². The summed E-state index contributed by atoms with van der Waals surface area (Å²) in [6.45, 7) is 7.76. The van der Waals surface area contributed by atoms with E-state index in [1.165, 1.54) is 11.3 Å². The van der Waals surface area contributed by atoms with E-state index in [2.05, 4.69) is 42.1 Å². The predicted molar refractivity (Wildman–Crippen MR) is 84.5 cm³/mol. The fraction of sp³-hybridized carbons (Fsp3) is 0.353. The van der Waals surface area contributed by atoms with Crippen molar-refractivity contribution in [3.8, 4) is 0 Å². The standard InChI is InChI=1S/C17H21N3O/c1-12-6-4-7-15(13(12)2)18-17(21)20-11-10-19-9-5-8-16(19)14(20)3/h4-9,14H,10-11H2,1-3H3,(H,18,21)/t14-/m0/s1. The molecular weight excluding hydrogens is 262 g/mol. The van der Waals surface area contributed by atoms with Gasteiger partial charge in [-0.3, -0.25) is 0 Å². The lowest BCUT2D eigenvalue weighted by atomic mass is 10.1. The summed E-state index contributed by atoms with van der Waals surface area (Å²) < 4.78 is 2.21. The van der Waals surface area contributed by atoms with E-state index >= 15 is 0 Å². The number of urea groups is 1. The highest BCUT2D eigenvalue weighted by Crippen LogP contribution is 2.26. The molecule has 1 atom stereocenters. The third kappa shape index (κ3) is 2.42. The molecule has 4 heteroatoms. The maximum atomic E-state index is 12.6. The number of aromatic nitrogens is 1. The van der Waals surface area contributed by atoms with Crippen LogP contribution in [0.25, 0.3) is 0 Å². The van der Waals surface area contributed by atoms with Crippen LogP contribution in [0.4, 0.5) is 10.5 Å². The number of nitrogens with one attached hydrogen (secondary N) is 1. The molecule has 1 aliphatic heterocycles. The van der Waals surface area contributed by atoms with Crippen LogP contribution in [0.15, 0.2) is 36.5 Å². The second-order valence-electron chi connectivity index (χ2n) is 5.67. The molecule has 1 aromatic heterocycles. The third-order valence-electron chi connectivity index (χ3n) is 4.45. The van der Waals surface area contributed by atoms with Crippen molar-refractivity contribution >= 4 is 11.7 Å². The number of hydrogen-bond donors (Lipinski definition) is 1. The van der Waals surface area contributed by atoms with Crippen molar-refractivity contribution in [2.45, 2.75) is 33.4 Å². The SMILES string of the molecule is Cc1cccc(NC(=O)N2CCn3cccc3[C@@H]2C)c1C. The third-order valence-corrected chi connectivity index (χ3v) is 4.45. The number of aryl methyl sites for hydroxylation is 1. The van der Waals surface area contributed by atoms with Crippen molar-refractivity contribution in [3.63, 3.8) is 0 Å². The average Bonchev–Trinajstić information content (AvgIpc) is 2.93. The Morgan fingerprint density at radius 3 is 2.81 bits per heavy atom. The first kappa shape index (κ1) is 13.7. The maximum absolute atomic E-state index is 12.6. The maximum Gasteiger partial charge on any atom is 0.322 e. The number of amides is 2. The molecule has 21 heavy (non-hydrogen) atoms. The first-order valence-electron chi connectivity index (χ1n) is 7.37. The Hall–Kier alpha value is -2.23. The number of rotatable bonds is 1. The van der Waals surface area contributed by atoms with E-state index in [-0.39, 0.29) is 12.1 Å². The summed E-state index contributed by atoms with van der Waals surface area (Å²) in [4.78, 5) is 14.5. The van der Waals surface area contributed by atoms with Gasteiger partial charge < -0.3 is 14.8 Å². The van der Waals surface area contributed by atoms with Gasteiger partial charge in [0.25, 0.3) is 0 Å². The molecule has 0 fully saturated rings. The molecule has 0 saturated carbocycles. The second kappa shape index (κ2) is 5.28. The molecule has 0 spiro atoms. The van der Waals surface area contributed by atoms with Gasteiger partial charge in [0.2, 0.25) is 0 Å². The lowest BCUT2D eigenvalue weighted by Crippen LogP contribution is -2.43. The summed E-state index contributed by atoms with van der Waals surface area (Å²) in [7, 11) is 0. The van der Waals surface area contributed by atoms with E-state index in [1.54, 1.807) is 0 Å². The molecule has 0 radical (unpaired) electrons. The number of benzene rings is 1. The number of fused-ring (bicyclic) bond motifs is 1. The summed E-state index contributed by atoms with van der Waals surface area (Å²) >= 11 is 0. The normalized spacial score (nSPS) is 17.5. The van der Waals surface area contributed by atoms with Crippen LogP contribution in [0.5, 0.6) is 0 Å². The largest absolute Gasteiger partial charge is 0.348 e. The molecule has 2 amide bonds. The van der Waals surface area contributed by atoms with Gasteiger partial charge in [0.15, 0.2) is 0 Å². The monoisotopic (exact) mass is 283 g/mol. The first-order chi connectivity index (χ1) is 10.1. The molecule has 0 saturated heterocycles. The molecule has 0 unspecified atom stereocenters. The quantitative estimate of drug-likeness (QED) is 0.851. The highest BCUT2D eigenvalue weighted by atomic mass is 16.2. The zero-order valence-electron chi connectivity index (χ0n) is 12.8. The minimum atomic E-state index is -0.0244. The number of carbonyl (C=O) groups excluding carboxylic acids is 1. The minimum Gasteiger partial charge on any atom is -0.348 e. The van der Waals surface area contributed by atoms with Crippen molar-refractivity contribution in [1.82, 2.24) is 9.47 Å². The number of nitrogens with zero attached hydrogens (tertiary/aromatic N) is 2. The Morgan fingerprint density at radius 2 is 2.00 bits per heavy atom. The van der Waals surface area contributed by atoms with Crippen LogP contribution >= 0.6 is 0 Å². The molecular formula is C17H21N3O. The summed E-state index contributed by atoms with van der Waals surface area (Å²) in [5, 5.41) is 3.05. The molecule has 0 aliphatic carbocycles. The minimum absolute atomic E-state index is 0.0244. The fourth-order valence-electron chi connectivity index (χ4n) is 2.93. The number of carbonyl (C=O) groups is 1. The smallest absolute Gasteiger partial charge is 0.322 e. The lowest BCUT2D eigenvalue weighted by Gasteiger charge is -2.35. The molecule has 4 nitrogen and oxygen atoms in total. The van der Waals surface area contributed by atoms with Crippen LogP contribution in [0.3, 0.4) is 0 Å². The molecule has 1 aromatic carbocycles. The highest BCUT2D eigenvalue weighted by Gasteiger charge is 2.27. The topological polar surface area (TPSA) is 37.3 Å². The van der Waals surface area contributed by atoms with Crippen molar-refractivity contribution in [2.75, 3.05) is 11.9 Å². The van der Waals surface area contributed by atoms with Crippen molar-refractivity contribution in [2.24, 2.45) is 0 Å². The Balaban J connectivity index is 1.79. The average molecular weight is 283 g/mol. The predicted octanol–water partition coefficient (Wildman–Crippen LogP) is 3.71. The summed E-state index contributed by atoms with van der Waals surface area (Å²) in [6, 6.07) is 10.2. The van der Waals surface area contributed by atoms with Crippen LogP contribution in [-0.4, -0.2) is 22.0 Å². The fourth-order valence-corrected chi connectivity index (χ4v) is 2.93.